The van der Waals surface area contributed by atoms with Crippen molar-refractivity contribution >= 4 is 5.91 Å². The Morgan fingerprint density at radius 2 is 2.21 bits per heavy atom. The van der Waals surface area contributed by atoms with Gasteiger partial charge in [0.05, 0.1) is 0 Å². The van der Waals surface area contributed by atoms with E-state index in [1.807, 2.05) is 35.7 Å². The Labute approximate surface area is 141 Å². The minimum absolute atomic E-state index is 0.0488. The smallest absolute Gasteiger partial charge is 0.250 e. The topological polar surface area (TPSA) is 60.1 Å². The number of rotatable bonds is 4. The molecule has 0 unspecified atom stereocenters. The van der Waals surface area contributed by atoms with Crippen LogP contribution >= 0.6 is 0 Å². The molecule has 0 aromatic carbocycles. The van der Waals surface area contributed by atoms with E-state index >= 15 is 0 Å². The van der Waals surface area contributed by atoms with Gasteiger partial charge in [-0.15, -0.1) is 0 Å². The Morgan fingerprint density at radius 3 is 2.92 bits per heavy atom. The summed E-state index contributed by atoms with van der Waals surface area (Å²) in [4.78, 5) is 30.8. The highest BCUT2D eigenvalue weighted by Gasteiger charge is 2.26. The summed E-state index contributed by atoms with van der Waals surface area (Å²) in [5, 5.41) is 0. The van der Waals surface area contributed by atoms with E-state index in [0.717, 1.165) is 30.9 Å². The van der Waals surface area contributed by atoms with Gasteiger partial charge in [-0.25, -0.2) is 4.98 Å². The molecule has 1 aliphatic rings. The van der Waals surface area contributed by atoms with Crippen LogP contribution in [0.5, 0.6) is 0 Å². The van der Waals surface area contributed by atoms with E-state index in [1.165, 1.54) is 6.07 Å². The maximum absolute atomic E-state index is 12.6. The van der Waals surface area contributed by atoms with E-state index < -0.39 is 0 Å². The summed E-state index contributed by atoms with van der Waals surface area (Å²) in [6, 6.07) is 5.18. The van der Waals surface area contributed by atoms with E-state index in [1.54, 1.807) is 16.8 Å². The van der Waals surface area contributed by atoms with Crippen LogP contribution in [0.15, 0.2) is 35.4 Å². The third-order valence-electron chi connectivity index (χ3n) is 4.81. The van der Waals surface area contributed by atoms with Crippen molar-refractivity contribution < 1.29 is 4.79 Å². The van der Waals surface area contributed by atoms with Crippen molar-refractivity contribution in [3.63, 3.8) is 0 Å². The van der Waals surface area contributed by atoms with Gasteiger partial charge in [-0.2, -0.15) is 0 Å². The fourth-order valence-corrected chi connectivity index (χ4v) is 3.46. The lowest BCUT2D eigenvalue weighted by molar-refractivity contribution is -0.132. The number of carbonyl (C=O) groups is 1. The van der Waals surface area contributed by atoms with Gasteiger partial charge >= 0.3 is 0 Å². The standard InChI is InChI=1S/C18H24N4O2/c1-14-5-3-7-17(24)22(14)11-8-16(23)21-10-4-6-15(13-21)18-19-9-12-20(18)2/h3,5,7,9,12,15H,4,6,8,10-11,13H2,1-2H3/t15-/m0/s1. The van der Waals surface area contributed by atoms with Crippen molar-refractivity contribution in [3.05, 3.63) is 52.5 Å². The molecule has 24 heavy (non-hydrogen) atoms. The molecule has 3 rings (SSSR count). The van der Waals surface area contributed by atoms with Gasteiger partial charge < -0.3 is 14.0 Å². The van der Waals surface area contributed by atoms with Crippen LogP contribution in [0.2, 0.25) is 0 Å². The van der Waals surface area contributed by atoms with Crippen molar-refractivity contribution in [2.24, 2.45) is 7.05 Å². The molecule has 1 aliphatic heterocycles. The molecule has 1 saturated heterocycles. The third-order valence-corrected chi connectivity index (χ3v) is 4.81. The second kappa shape index (κ2) is 7.03. The van der Waals surface area contributed by atoms with Gasteiger partial charge in [0.1, 0.15) is 5.82 Å². The minimum atomic E-state index is -0.0488. The third kappa shape index (κ3) is 3.42. The first kappa shape index (κ1) is 16.5. The summed E-state index contributed by atoms with van der Waals surface area (Å²) < 4.78 is 3.70. The molecule has 0 N–H and O–H groups in total. The number of imidazole rings is 1. The minimum Gasteiger partial charge on any atom is -0.342 e. The average molecular weight is 328 g/mol. The van der Waals surface area contributed by atoms with Crippen LogP contribution in [0.3, 0.4) is 0 Å². The van der Waals surface area contributed by atoms with Crippen LogP contribution in [-0.2, 0) is 18.4 Å². The summed E-state index contributed by atoms with van der Waals surface area (Å²) in [6.07, 6.45) is 6.17. The van der Waals surface area contributed by atoms with Crippen molar-refractivity contribution in [3.8, 4) is 0 Å². The molecular formula is C18H24N4O2. The van der Waals surface area contributed by atoms with Crippen LogP contribution in [0, 0.1) is 6.92 Å². The Hall–Kier alpha value is -2.37. The fraction of sp³-hybridized carbons (Fsp3) is 0.500. The molecule has 2 aromatic rings. The quantitative estimate of drug-likeness (QED) is 0.858. The largest absolute Gasteiger partial charge is 0.342 e. The Bertz CT molecular complexity index is 777. The SMILES string of the molecule is Cc1cccc(=O)n1CCC(=O)N1CCC[C@H](c2nccn2C)C1. The summed E-state index contributed by atoms with van der Waals surface area (Å²) in [5.41, 5.74) is 0.840. The van der Waals surface area contributed by atoms with Crippen molar-refractivity contribution in [1.29, 1.82) is 0 Å². The van der Waals surface area contributed by atoms with Crippen molar-refractivity contribution in [1.82, 2.24) is 19.0 Å². The molecule has 1 amide bonds. The second-order valence-corrected chi connectivity index (χ2v) is 6.48. The van der Waals surface area contributed by atoms with E-state index in [-0.39, 0.29) is 11.5 Å². The number of piperidine rings is 1. The first-order valence-electron chi connectivity index (χ1n) is 8.47. The number of hydrogen-bond acceptors (Lipinski definition) is 3. The molecule has 0 radical (unpaired) electrons. The first-order chi connectivity index (χ1) is 11.6. The number of pyridine rings is 1. The molecule has 6 nitrogen and oxygen atoms in total. The highest BCUT2D eigenvalue weighted by Crippen LogP contribution is 2.25. The van der Waals surface area contributed by atoms with Crippen LogP contribution in [0.1, 0.15) is 36.7 Å². The number of carbonyl (C=O) groups excluding carboxylic acids is 1. The van der Waals surface area contributed by atoms with Gasteiger partial charge in [0, 0.05) is 63.2 Å². The summed E-state index contributed by atoms with van der Waals surface area (Å²) in [7, 11) is 1.99. The number of hydrogen-bond donors (Lipinski definition) is 0. The molecule has 128 valence electrons. The van der Waals surface area contributed by atoms with E-state index in [0.29, 0.717) is 25.4 Å². The fourth-order valence-electron chi connectivity index (χ4n) is 3.46. The van der Waals surface area contributed by atoms with Gasteiger partial charge in [-0.1, -0.05) is 6.07 Å². The number of nitrogens with zero attached hydrogens (tertiary/aromatic N) is 4. The van der Waals surface area contributed by atoms with Crippen LogP contribution < -0.4 is 5.56 Å². The Balaban J connectivity index is 1.63. The Kier molecular flexibility index (Phi) is 4.83. The van der Waals surface area contributed by atoms with Crippen molar-refractivity contribution in [2.75, 3.05) is 13.1 Å². The van der Waals surface area contributed by atoms with Gasteiger partial charge in [-0.3, -0.25) is 9.59 Å². The predicted octanol–water partition coefficient (Wildman–Crippen LogP) is 1.69. The lowest BCUT2D eigenvalue weighted by atomic mass is 9.97. The number of aryl methyl sites for hydroxylation is 2. The lowest BCUT2D eigenvalue weighted by Gasteiger charge is -2.32. The number of likely N-dealkylation sites (tertiary alicyclic amines) is 1. The highest BCUT2D eigenvalue weighted by molar-refractivity contribution is 5.76. The van der Waals surface area contributed by atoms with Gasteiger partial charge in [0.15, 0.2) is 0 Å². The monoisotopic (exact) mass is 328 g/mol. The zero-order valence-electron chi connectivity index (χ0n) is 14.3. The average Bonchev–Trinajstić information content (AvgIpc) is 3.00. The molecule has 2 aromatic heterocycles. The molecule has 1 atom stereocenters. The summed E-state index contributed by atoms with van der Waals surface area (Å²) in [6.45, 7) is 3.84. The van der Waals surface area contributed by atoms with E-state index in [2.05, 4.69) is 4.98 Å². The molecule has 1 fully saturated rings. The van der Waals surface area contributed by atoms with E-state index in [4.69, 9.17) is 0 Å². The molecule has 0 saturated carbocycles. The Morgan fingerprint density at radius 1 is 1.38 bits per heavy atom. The van der Waals surface area contributed by atoms with Crippen molar-refractivity contribution in [2.45, 2.75) is 38.6 Å². The number of amides is 1. The van der Waals surface area contributed by atoms with E-state index in [9.17, 15) is 9.59 Å². The maximum Gasteiger partial charge on any atom is 0.250 e. The molecule has 6 heteroatoms. The maximum atomic E-state index is 12.6. The molecule has 0 aliphatic carbocycles. The molecule has 0 bridgehead atoms. The van der Waals surface area contributed by atoms with Gasteiger partial charge in [-0.05, 0) is 25.8 Å². The summed E-state index contributed by atoms with van der Waals surface area (Å²) in [5.74, 6) is 1.45. The second-order valence-electron chi connectivity index (χ2n) is 6.48. The molecule has 0 spiro atoms. The van der Waals surface area contributed by atoms with Gasteiger partial charge in [0.2, 0.25) is 5.91 Å². The van der Waals surface area contributed by atoms with Gasteiger partial charge in [0.25, 0.3) is 5.56 Å². The normalized spacial score (nSPS) is 17.9. The number of aromatic nitrogens is 3. The molecular weight excluding hydrogens is 304 g/mol. The highest BCUT2D eigenvalue weighted by atomic mass is 16.2. The van der Waals surface area contributed by atoms with Crippen LogP contribution in [-0.4, -0.2) is 38.0 Å². The zero-order chi connectivity index (χ0) is 17.1. The lowest BCUT2D eigenvalue weighted by Crippen LogP contribution is -2.40. The molecule has 3 heterocycles. The predicted molar refractivity (Wildman–Crippen MR) is 91.8 cm³/mol. The zero-order valence-corrected chi connectivity index (χ0v) is 14.3. The van der Waals surface area contributed by atoms with Crippen LogP contribution in [0.4, 0.5) is 0 Å². The first-order valence-corrected chi connectivity index (χ1v) is 8.47. The summed E-state index contributed by atoms with van der Waals surface area (Å²) >= 11 is 0. The van der Waals surface area contributed by atoms with Crippen LogP contribution in [0.25, 0.3) is 0 Å².